The smallest absolute Gasteiger partial charge is 0.0641 e. The highest BCUT2D eigenvalue weighted by molar-refractivity contribution is 5.33. The fourth-order valence-electron chi connectivity index (χ4n) is 2.88. The van der Waals surface area contributed by atoms with Crippen LogP contribution in [0.4, 0.5) is 0 Å². The van der Waals surface area contributed by atoms with Gasteiger partial charge in [0, 0.05) is 31.4 Å². The van der Waals surface area contributed by atoms with Gasteiger partial charge in [-0.05, 0) is 43.7 Å². The Bertz CT molecular complexity index is 609. The number of rotatable bonds is 5. The summed E-state index contributed by atoms with van der Waals surface area (Å²) in [5.41, 5.74) is 6.71. The lowest BCUT2D eigenvalue weighted by atomic mass is 10.0. The number of benzene rings is 1. The summed E-state index contributed by atoms with van der Waals surface area (Å²) in [7, 11) is 2.01. The first-order valence-electron chi connectivity index (χ1n) is 7.44. The third kappa shape index (κ3) is 2.63. The van der Waals surface area contributed by atoms with Gasteiger partial charge in [0.2, 0.25) is 0 Å². The van der Waals surface area contributed by atoms with Gasteiger partial charge >= 0.3 is 0 Å². The Labute approximate surface area is 121 Å². The van der Waals surface area contributed by atoms with E-state index in [-0.39, 0.29) is 0 Å². The summed E-state index contributed by atoms with van der Waals surface area (Å²) < 4.78 is 1.96. The number of nitrogens with one attached hydrogen (secondary N) is 1. The minimum absolute atomic E-state index is 0.815. The Hall–Kier alpha value is -1.61. The molecule has 1 aliphatic rings. The number of aryl methyl sites for hydroxylation is 2. The van der Waals surface area contributed by atoms with Gasteiger partial charge < -0.3 is 5.32 Å². The van der Waals surface area contributed by atoms with Crippen molar-refractivity contribution in [3.05, 3.63) is 52.3 Å². The van der Waals surface area contributed by atoms with Crippen LogP contribution in [0.25, 0.3) is 0 Å². The maximum absolute atomic E-state index is 4.47. The zero-order valence-electron chi connectivity index (χ0n) is 12.6. The average Bonchev–Trinajstić information content (AvgIpc) is 3.24. The molecule has 1 N–H and O–H groups in total. The van der Waals surface area contributed by atoms with Gasteiger partial charge in [-0.25, -0.2) is 0 Å². The minimum atomic E-state index is 0.815. The number of nitrogens with zero attached hydrogens (tertiary/aromatic N) is 2. The standard InChI is InChI=1S/C17H23N3/c1-12-17(13(2)20(3)19-12)11-18-10-15-6-4-5-7-16(15)14-8-9-14/h4-7,14,18H,8-11H2,1-3H3. The molecule has 0 radical (unpaired) electrons. The van der Waals surface area contributed by atoms with E-state index < -0.39 is 0 Å². The Kier molecular flexibility index (Phi) is 3.62. The molecule has 3 rings (SSSR count). The Morgan fingerprint density at radius 2 is 1.95 bits per heavy atom. The van der Waals surface area contributed by atoms with Gasteiger partial charge in [0.15, 0.2) is 0 Å². The molecule has 1 fully saturated rings. The van der Waals surface area contributed by atoms with Gasteiger partial charge in [0.25, 0.3) is 0 Å². The van der Waals surface area contributed by atoms with E-state index in [0.29, 0.717) is 0 Å². The monoisotopic (exact) mass is 269 g/mol. The first-order chi connectivity index (χ1) is 9.66. The molecular formula is C17H23N3. The largest absolute Gasteiger partial charge is 0.308 e. The molecule has 0 saturated heterocycles. The predicted octanol–water partition coefficient (Wildman–Crippen LogP) is 3.20. The zero-order chi connectivity index (χ0) is 14.1. The summed E-state index contributed by atoms with van der Waals surface area (Å²) >= 11 is 0. The SMILES string of the molecule is Cc1nn(C)c(C)c1CNCc1ccccc1C1CC1. The van der Waals surface area contributed by atoms with Crippen LogP contribution in [-0.2, 0) is 20.1 Å². The van der Waals surface area contributed by atoms with Crippen molar-refractivity contribution in [3.63, 3.8) is 0 Å². The second-order valence-electron chi connectivity index (χ2n) is 5.85. The topological polar surface area (TPSA) is 29.9 Å². The molecule has 0 bridgehead atoms. The van der Waals surface area contributed by atoms with Crippen LogP contribution in [-0.4, -0.2) is 9.78 Å². The maximum atomic E-state index is 4.47. The van der Waals surface area contributed by atoms with E-state index in [9.17, 15) is 0 Å². The Morgan fingerprint density at radius 3 is 2.60 bits per heavy atom. The fraction of sp³-hybridized carbons (Fsp3) is 0.471. The van der Waals surface area contributed by atoms with Crippen LogP contribution < -0.4 is 5.32 Å². The van der Waals surface area contributed by atoms with Crippen molar-refractivity contribution < 1.29 is 0 Å². The van der Waals surface area contributed by atoms with Crippen molar-refractivity contribution in [2.75, 3.05) is 0 Å². The van der Waals surface area contributed by atoms with E-state index >= 15 is 0 Å². The van der Waals surface area contributed by atoms with Crippen molar-refractivity contribution in [2.45, 2.75) is 45.7 Å². The third-order valence-corrected chi connectivity index (χ3v) is 4.35. The molecule has 1 heterocycles. The van der Waals surface area contributed by atoms with Crippen LogP contribution >= 0.6 is 0 Å². The van der Waals surface area contributed by atoms with Crippen LogP contribution in [0.1, 0.15) is 46.8 Å². The lowest BCUT2D eigenvalue weighted by Gasteiger charge is -2.10. The van der Waals surface area contributed by atoms with Crippen LogP contribution in [0.2, 0.25) is 0 Å². The molecule has 0 aliphatic heterocycles. The molecule has 2 aromatic rings. The molecule has 1 saturated carbocycles. The highest BCUT2D eigenvalue weighted by Crippen LogP contribution is 2.41. The van der Waals surface area contributed by atoms with Gasteiger partial charge in [-0.1, -0.05) is 24.3 Å². The van der Waals surface area contributed by atoms with E-state index in [4.69, 9.17) is 0 Å². The highest BCUT2D eigenvalue weighted by Gasteiger charge is 2.25. The normalized spacial score (nSPS) is 14.8. The molecular weight excluding hydrogens is 246 g/mol. The van der Waals surface area contributed by atoms with E-state index in [2.05, 4.69) is 48.5 Å². The summed E-state index contributed by atoms with van der Waals surface area (Å²) in [6, 6.07) is 8.84. The third-order valence-electron chi connectivity index (χ3n) is 4.35. The molecule has 106 valence electrons. The summed E-state index contributed by atoms with van der Waals surface area (Å²) in [5, 5.41) is 8.05. The second-order valence-corrected chi connectivity index (χ2v) is 5.85. The summed E-state index contributed by atoms with van der Waals surface area (Å²) in [6.07, 6.45) is 2.72. The zero-order valence-corrected chi connectivity index (χ0v) is 12.6. The lowest BCUT2D eigenvalue weighted by Crippen LogP contribution is -2.15. The van der Waals surface area contributed by atoms with Crippen molar-refractivity contribution in [1.29, 1.82) is 0 Å². The van der Waals surface area contributed by atoms with E-state index in [1.54, 1.807) is 5.56 Å². The molecule has 0 spiro atoms. The van der Waals surface area contributed by atoms with E-state index in [0.717, 1.165) is 24.7 Å². The quantitative estimate of drug-likeness (QED) is 0.903. The van der Waals surface area contributed by atoms with E-state index in [1.807, 2.05) is 11.7 Å². The predicted molar refractivity (Wildman–Crippen MR) is 81.6 cm³/mol. The molecule has 3 heteroatoms. The highest BCUT2D eigenvalue weighted by atomic mass is 15.3. The first-order valence-corrected chi connectivity index (χ1v) is 7.44. The van der Waals surface area contributed by atoms with Crippen molar-refractivity contribution in [1.82, 2.24) is 15.1 Å². The first kappa shape index (κ1) is 13.4. The van der Waals surface area contributed by atoms with Crippen LogP contribution in [0, 0.1) is 13.8 Å². The van der Waals surface area contributed by atoms with Crippen LogP contribution in [0.3, 0.4) is 0 Å². The molecule has 1 aromatic carbocycles. The average molecular weight is 269 g/mol. The number of aromatic nitrogens is 2. The molecule has 3 nitrogen and oxygen atoms in total. The van der Waals surface area contributed by atoms with Crippen molar-refractivity contribution >= 4 is 0 Å². The Morgan fingerprint density at radius 1 is 1.20 bits per heavy atom. The van der Waals surface area contributed by atoms with Crippen molar-refractivity contribution in [2.24, 2.45) is 7.05 Å². The summed E-state index contributed by atoms with van der Waals surface area (Å²) in [5.74, 6) is 0.815. The van der Waals surface area contributed by atoms with Crippen molar-refractivity contribution in [3.8, 4) is 0 Å². The second kappa shape index (κ2) is 5.41. The molecule has 1 aliphatic carbocycles. The summed E-state index contributed by atoms with van der Waals surface area (Å²) in [6.45, 7) is 6.06. The Balaban J connectivity index is 1.65. The molecule has 0 atom stereocenters. The molecule has 20 heavy (non-hydrogen) atoms. The fourth-order valence-corrected chi connectivity index (χ4v) is 2.88. The molecule has 0 amide bonds. The number of hydrogen-bond acceptors (Lipinski definition) is 2. The molecule has 0 unspecified atom stereocenters. The minimum Gasteiger partial charge on any atom is -0.308 e. The number of hydrogen-bond donors (Lipinski definition) is 1. The van der Waals surface area contributed by atoms with Gasteiger partial charge in [-0.15, -0.1) is 0 Å². The van der Waals surface area contributed by atoms with Gasteiger partial charge in [-0.2, -0.15) is 5.10 Å². The van der Waals surface area contributed by atoms with E-state index in [1.165, 1.54) is 29.7 Å². The van der Waals surface area contributed by atoms with Gasteiger partial charge in [0.1, 0.15) is 0 Å². The van der Waals surface area contributed by atoms with Gasteiger partial charge in [-0.3, -0.25) is 4.68 Å². The molecule has 1 aromatic heterocycles. The van der Waals surface area contributed by atoms with Crippen LogP contribution in [0.5, 0.6) is 0 Å². The lowest BCUT2D eigenvalue weighted by molar-refractivity contribution is 0.679. The van der Waals surface area contributed by atoms with Crippen LogP contribution in [0.15, 0.2) is 24.3 Å². The van der Waals surface area contributed by atoms with Gasteiger partial charge in [0.05, 0.1) is 5.69 Å². The summed E-state index contributed by atoms with van der Waals surface area (Å²) in [4.78, 5) is 0. The maximum Gasteiger partial charge on any atom is 0.0641 e.